The van der Waals surface area contributed by atoms with Crippen molar-refractivity contribution in [1.82, 2.24) is 4.90 Å². The number of halogens is 2. The van der Waals surface area contributed by atoms with Gasteiger partial charge in [-0.1, -0.05) is 15.9 Å². The summed E-state index contributed by atoms with van der Waals surface area (Å²) < 4.78 is 1.52. The Morgan fingerprint density at radius 2 is 1.89 bits per heavy atom. The predicted octanol–water partition coefficient (Wildman–Crippen LogP) is 3.54. The molecule has 0 fully saturated rings. The standard InChI is InChI=1S/C12H14Br2N2O3/c1-12(2,10(17)18)16(3)11(19)15-9-6-7(13)4-5-8(9)14/h4-6H,1-3H3,(H,15,19)(H,17,18). The van der Waals surface area contributed by atoms with Crippen LogP contribution < -0.4 is 5.32 Å². The number of urea groups is 1. The Morgan fingerprint density at radius 3 is 2.42 bits per heavy atom. The number of aliphatic carboxylic acids is 1. The Morgan fingerprint density at radius 1 is 1.32 bits per heavy atom. The molecule has 1 aromatic rings. The second-order valence-electron chi connectivity index (χ2n) is 4.48. The molecule has 0 aliphatic heterocycles. The smallest absolute Gasteiger partial charge is 0.329 e. The minimum absolute atomic E-state index is 0.494. The number of carbonyl (C=O) groups is 2. The van der Waals surface area contributed by atoms with Crippen LogP contribution in [-0.2, 0) is 4.79 Å². The second-order valence-corrected chi connectivity index (χ2v) is 6.25. The van der Waals surface area contributed by atoms with Gasteiger partial charge in [0, 0.05) is 16.0 Å². The van der Waals surface area contributed by atoms with Crippen molar-refractivity contribution in [1.29, 1.82) is 0 Å². The van der Waals surface area contributed by atoms with Gasteiger partial charge in [0.1, 0.15) is 5.54 Å². The first kappa shape index (κ1) is 16.0. The van der Waals surface area contributed by atoms with Crippen LogP contribution in [0.3, 0.4) is 0 Å². The Labute approximate surface area is 128 Å². The molecule has 2 amide bonds. The summed E-state index contributed by atoms with van der Waals surface area (Å²) in [4.78, 5) is 24.3. The van der Waals surface area contributed by atoms with Crippen LogP contribution in [-0.4, -0.2) is 34.6 Å². The molecule has 104 valence electrons. The zero-order valence-electron chi connectivity index (χ0n) is 10.7. The number of nitrogens with zero attached hydrogens (tertiary/aromatic N) is 1. The first-order chi connectivity index (χ1) is 8.66. The second kappa shape index (κ2) is 5.92. The van der Waals surface area contributed by atoms with Crippen molar-refractivity contribution in [2.24, 2.45) is 0 Å². The molecule has 1 aromatic carbocycles. The van der Waals surface area contributed by atoms with Gasteiger partial charge in [-0.05, 0) is 48.0 Å². The summed E-state index contributed by atoms with van der Waals surface area (Å²) >= 11 is 6.62. The van der Waals surface area contributed by atoms with Gasteiger partial charge in [0.05, 0.1) is 5.69 Å². The predicted molar refractivity (Wildman–Crippen MR) is 80.3 cm³/mol. The maximum absolute atomic E-state index is 12.0. The molecular weight excluding hydrogens is 380 g/mol. The topological polar surface area (TPSA) is 69.6 Å². The molecular formula is C12H14Br2N2O3. The molecule has 2 N–H and O–H groups in total. The molecule has 5 nitrogen and oxygen atoms in total. The van der Waals surface area contributed by atoms with Gasteiger partial charge in [0.2, 0.25) is 0 Å². The normalized spacial score (nSPS) is 11.0. The molecule has 0 aromatic heterocycles. The number of likely N-dealkylation sites (N-methyl/N-ethyl adjacent to an activating group) is 1. The lowest BCUT2D eigenvalue weighted by Gasteiger charge is -2.31. The monoisotopic (exact) mass is 392 g/mol. The van der Waals surface area contributed by atoms with E-state index >= 15 is 0 Å². The van der Waals surface area contributed by atoms with Crippen LogP contribution in [0, 0.1) is 0 Å². The molecule has 0 saturated heterocycles. The van der Waals surface area contributed by atoms with E-state index < -0.39 is 17.5 Å². The van der Waals surface area contributed by atoms with Crippen LogP contribution in [0.1, 0.15) is 13.8 Å². The van der Waals surface area contributed by atoms with Crippen LogP contribution in [0.25, 0.3) is 0 Å². The summed E-state index contributed by atoms with van der Waals surface area (Å²) in [5.74, 6) is -1.07. The lowest BCUT2D eigenvalue weighted by atomic mass is 10.1. The minimum atomic E-state index is -1.29. The highest BCUT2D eigenvalue weighted by molar-refractivity contribution is 9.11. The van der Waals surface area contributed by atoms with Crippen LogP contribution >= 0.6 is 31.9 Å². The van der Waals surface area contributed by atoms with Crippen LogP contribution in [0.15, 0.2) is 27.1 Å². The van der Waals surface area contributed by atoms with Crippen molar-refractivity contribution in [3.8, 4) is 0 Å². The van der Waals surface area contributed by atoms with Crippen molar-refractivity contribution in [2.75, 3.05) is 12.4 Å². The summed E-state index contributed by atoms with van der Waals surface area (Å²) in [6.45, 7) is 2.93. The molecule has 0 radical (unpaired) electrons. The molecule has 0 bridgehead atoms. The first-order valence-electron chi connectivity index (χ1n) is 5.39. The fourth-order valence-corrected chi connectivity index (χ4v) is 1.90. The molecule has 0 spiro atoms. The number of amides is 2. The van der Waals surface area contributed by atoms with E-state index in [9.17, 15) is 9.59 Å². The molecule has 0 atom stereocenters. The van der Waals surface area contributed by atoms with E-state index in [1.165, 1.54) is 20.9 Å². The van der Waals surface area contributed by atoms with E-state index in [2.05, 4.69) is 37.2 Å². The number of benzene rings is 1. The quantitative estimate of drug-likeness (QED) is 0.825. The van der Waals surface area contributed by atoms with Crippen molar-refractivity contribution in [2.45, 2.75) is 19.4 Å². The van der Waals surface area contributed by atoms with E-state index in [4.69, 9.17) is 5.11 Å². The third-order valence-corrected chi connectivity index (χ3v) is 4.02. The van der Waals surface area contributed by atoms with E-state index in [1.807, 2.05) is 6.07 Å². The summed E-state index contributed by atoms with van der Waals surface area (Å²) in [5.41, 5.74) is -0.727. The molecule has 0 aliphatic carbocycles. The first-order valence-corrected chi connectivity index (χ1v) is 6.98. The largest absolute Gasteiger partial charge is 0.480 e. The number of nitrogens with one attached hydrogen (secondary N) is 1. The SMILES string of the molecule is CN(C(=O)Nc1cc(Br)ccc1Br)C(C)(C)C(=O)O. The average Bonchev–Trinajstić information content (AvgIpc) is 2.32. The number of carboxylic acid groups (broad SMARTS) is 1. The molecule has 0 aliphatic rings. The van der Waals surface area contributed by atoms with Gasteiger partial charge in [0.25, 0.3) is 0 Å². The van der Waals surface area contributed by atoms with Crippen molar-refractivity contribution < 1.29 is 14.7 Å². The zero-order valence-corrected chi connectivity index (χ0v) is 13.9. The van der Waals surface area contributed by atoms with Crippen molar-refractivity contribution >= 4 is 49.5 Å². The van der Waals surface area contributed by atoms with E-state index in [0.717, 1.165) is 9.37 Å². The van der Waals surface area contributed by atoms with Gasteiger partial charge < -0.3 is 15.3 Å². The zero-order chi connectivity index (χ0) is 14.8. The molecule has 0 heterocycles. The van der Waals surface area contributed by atoms with Gasteiger partial charge >= 0.3 is 12.0 Å². The highest BCUT2D eigenvalue weighted by Crippen LogP contribution is 2.27. The summed E-state index contributed by atoms with van der Waals surface area (Å²) in [6.07, 6.45) is 0. The van der Waals surface area contributed by atoms with Gasteiger partial charge in [0.15, 0.2) is 0 Å². The lowest BCUT2D eigenvalue weighted by molar-refractivity contribution is -0.146. The highest BCUT2D eigenvalue weighted by atomic mass is 79.9. The van der Waals surface area contributed by atoms with E-state index in [1.54, 1.807) is 12.1 Å². The third-order valence-electron chi connectivity index (χ3n) is 2.84. The fraction of sp³-hybridized carbons (Fsp3) is 0.333. The molecule has 0 unspecified atom stereocenters. The van der Waals surface area contributed by atoms with Gasteiger partial charge in [-0.3, -0.25) is 0 Å². The van der Waals surface area contributed by atoms with Crippen LogP contribution in [0.4, 0.5) is 10.5 Å². The van der Waals surface area contributed by atoms with Crippen molar-refractivity contribution in [3.63, 3.8) is 0 Å². The van der Waals surface area contributed by atoms with E-state index in [-0.39, 0.29) is 0 Å². The number of hydrogen-bond acceptors (Lipinski definition) is 2. The highest BCUT2D eigenvalue weighted by Gasteiger charge is 2.35. The summed E-state index contributed by atoms with van der Waals surface area (Å²) in [6, 6.07) is 4.84. The number of carbonyl (C=O) groups excluding carboxylic acids is 1. The average molecular weight is 394 g/mol. The Kier molecular flexibility index (Phi) is 4.98. The Bertz CT molecular complexity index is 518. The number of carboxylic acids is 1. The maximum atomic E-state index is 12.0. The molecule has 19 heavy (non-hydrogen) atoms. The summed E-state index contributed by atoms with van der Waals surface area (Å²) in [5, 5.41) is 11.7. The van der Waals surface area contributed by atoms with E-state index in [0.29, 0.717) is 10.2 Å². The van der Waals surface area contributed by atoms with Gasteiger partial charge in [-0.15, -0.1) is 0 Å². The van der Waals surface area contributed by atoms with Gasteiger partial charge in [-0.2, -0.15) is 0 Å². The Balaban J connectivity index is 2.91. The lowest BCUT2D eigenvalue weighted by Crippen LogP contribution is -2.52. The van der Waals surface area contributed by atoms with Crippen molar-refractivity contribution in [3.05, 3.63) is 27.1 Å². The number of hydrogen-bond donors (Lipinski definition) is 2. The fourth-order valence-electron chi connectivity index (χ4n) is 1.19. The molecule has 0 saturated carbocycles. The maximum Gasteiger partial charge on any atom is 0.329 e. The van der Waals surface area contributed by atoms with Gasteiger partial charge in [-0.25, -0.2) is 9.59 Å². The third kappa shape index (κ3) is 3.70. The number of rotatable bonds is 3. The molecule has 7 heteroatoms. The number of anilines is 1. The molecule has 1 rings (SSSR count). The Hall–Kier alpha value is -1.08. The summed E-state index contributed by atoms with van der Waals surface area (Å²) in [7, 11) is 1.44. The minimum Gasteiger partial charge on any atom is -0.480 e. The van der Waals surface area contributed by atoms with Crippen LogP contribution in [0.2, 0.25) is 0 Å². The van der Waals surface area contributed by atoms with Crippen LogP contribution in [0.5, 0.6) is 0 Å².